The van der Waals surface area contributed by atoms with E-state index in [1.807, 2.05) is 11.8 Å². The van der Waals surface area contributed by atoms with Crippen LogP contribution in [0.3, 0.4) is 0 Å². The zero-order valence-electron chi connectivity index (χ0n) is 9.44. The fraction of sp³-hybridized carbons (Fsp3) is 0.462. The smallest absolute Gasteiger partial charge is 0.161 e. The Morgan fingerprint density at radius 3 is 3.00 bits per heavy atom. The Hall–Kier alpha value is -0.960. The Kier molecular flexibility index (Phi) is 2.64. The zero-order chi connectivity index (χ0) is 11.0. The van der Waals surface area contributed by atoms with Crippen molar-refractivity contribution >= 4 is 22.6 Å². The van der Waals surface area contributed by atoms with E-state index >= 15 is 0 Å². The minimum atomic E-state index is 0.743. The van der Waals surface area contributed by atoms with Crippen molar-refractivity contribution in [3.05, 3.63) is 29.8 Å². The van der Waals surface area contributed by atoms with Crippen LogP contribution in [0, 0.1) is 12.8 Å². The molecule has 1 N–H and O–H groups in total. The van der Waals surface area contributed by atoms with Crippen LogP contribution in [0.25, 0.3) is 0 Å². The SMILES string of the molecule is Cc1cccc(NC2=NCC(C3CC3)S2)c1. The van der Waals surface area contributed by atoms with Gasteiger partial charge in [-0.2, -0.15) is 0 Å². The van der Waals surface area contributed by atoms with E-state index in [1.165, 1.54) is 18.4 Å². The van der Waals surface area contributed by atoms with E-state index in [0.29, 0.717) is 0 Å². The molecular formula is C13H16N2S. The largest absolute Gasteiger partial charge is 0.335 e. The van der Waals surface area contributed by atoms with Gasteiger partial charge in [0.05, 0.1) is 6.54 Å². The summed E-state index contributed by atoms with van der Waals surface area (Å²) in [6, 6.07) is 8.45. The minimum absolute atomic E-state index is 0.743. The van der Waals surface area contributed by atoms with Gasteiger partial charge in [0.15, 0.2) is 5.17 Å². The molecule has 3 rings (SSSR count). The number of hydrogen-bond donors (Lipinski definition) is 1. The highest BCUT2D eigenvalue weighted by atomic mass is 32.2. The summed E-state index contributed by atoms with van der Waals surface area (Å²) in [7, 11) is 0. The number of hydrogen-bond acceptors (Lipinski definition) is 3. The summed E-state index contributed by atoms with van der Waals surface area (Å²) in [6.07, 6.45) is 2.82. The zero-order valence-corrected chi connectivity index (χ0v) is 10.3. The predicted molar refractivity (Wildman–Crippen MR) is 71.2 cm³/mol. The molecule has 1 aliphatic carbocycles. The highest BCUT2D eigenvalue weighted by Crippen LogP contribution is 2.41. The summed E-state index contributed by atoms with van der Waals surface area (Å²) in [5, 5.41) is 5.25. The summed E-state index contributed by atoms with van der Waals surface area (Å²) < 4.78 is 0. The lowest BCUT2D eigenvalue weighted by Crippen LogP contribution is -2.08. The number of anilines is 1. The monoisotopic (exact) mass is 232 g/mol. The van der Waals surface area contributed by atoms with Crippen LogP contribution in [0.4, 0.5) is 5.69 Å². The fourth-order valence-electron chi connectivity index (χ4n) is 2.02. The highest BCUT2D eigenvalue weighted by molar-refractivity contribution is 8.15. The van der Waals surface area contributed by atoms with Gasteiger partial charge in [-0.3, -0.25) is 4.99 Å². The fourth-order valence-corrected chi connectivity index (χ4v) is 3.25. The summed E-state index contributed by atoms with van der Waals surface area (Å²) in [6.45, 7) is 3.12. The van der Waals surface area contributed by atoms with Crippen LogP contribution in [0.1, 0.15) is 18.4 Å². The number of benzene rings is 1. The molecule has 1 unspecified atom stereocenters. The van der Waals surface area contributed by atoms with Gasteiger partial charge < -0.3 is 5.32 Å². The third-order valence-electron chi connectivity index (χ3n) is 3.09. The number of aryl methyl sites for hydroxylation is 1. The second kappa shape index (κ2) is 4.13. The van der Waals surface area contributed by atoms with Gasteiger partial charge >= 0.3 is 0 Å². The van der Waals surface area contributed by atoms with Crippen LogP contribution in [-0.2, 0) is 0 Å². The number of nitrogens with zero attached hydrogens (tertiary/aromatic N) is 1. The van der Waals surface area contributed by atoms with E-state index in [1.54, 1.807) is 0 Å². The molecule has 0 spiro atoms. The number of thioether (sulfide) groups is 1. The van der Waals surface area contributed by atoms with Crippen molar-refractivity contribution in [1.29, 1.82) is 0 Å². The van der Waals surface area contributed by atoms with Gasteiger partial charge in [0.1, 0.15) is 0 Å². The van der Waals surface area contributed by atoms with Gasteiger partial charge in [0.25, 0.3) is 0 Å². The van der Waals surface area contributed by atoms with Crippen LogP contribution >= 0.6 is 11.8 Å². The average Bonchev–Trinajstić information content (AvgIpc) is 3.01. The Morgan fingerprint density at radius 1 is 1.38 bits per heavy atom. The van der Waals surface area contributed by atoms with Crippen LogP contribution < -0.4 is 5.32 Å². The molecule has 1 fully saturated rings. The molecular weight excluding hydrogens is 216 g/mol. The minimum Gasteiger partial charge on any atom is -0.335 e. The molecule has 84 valence electrons. The van der Waals surface area contributed by atoms with Crippen molar-refractivity contribution in [1.82, 2.24) is 0 Å². The number of nitrogens with one attached hydrogen (secondary N) is 1. The van der Waals surface area contributed by atoms with Gasteiger partial charge in [-0.05, 0) is 43.4 Å². The number of rotatable bonds is 2. The van der Waals surface area contributed by atoms with Crippen LogP contribution in [0.15, 0.2) is 29.3 Å². The van der Waals surface area contributed by atoms with Gasteiger partial charge in [0.2, 0.25) is 0 Å². The molecule has 1 atom stereocenters. The summed E-state index contributed by atoms with van der Waals surface area (Å²) >= 11 is 1.92. The first-order chi connectivity index (χ1) is 7.81. The number of amidine groups is 1. The molecule has 1 heterocycles. The van der Waals surface area contributed by atoms with E-state index in [9.17, 15) is 0 Å². The van der Waals surface area contributed by atoms with E-state index < -0.39 is 0 Å². The molecule has 1 saturated carbocycles. The van der Waals surface area contributed by atoms with E-state index in [4.69, 9.17) is 0 Å². The first-order valence-corrected chi connectivity index (χ1v) is 6.74. The average molecular weight is 232 g/mol. The summed E-state index contributed by atoms with van der Waals surface area (Å²) in [5.41, 5.74) is 2.44. The maximum atomic E-state index is 4.57. The first-order valence-electron chi connectivity index (χ1n) is 5.86. The maximum absolute atomic E-state index is 4.57. The van der Waals surface area contributed by atoms with Crippen LogP contribution in [-0.4, -0.2) is 17.0 Å². The van der Waals surface area contributed by atoms with Gasteiger partial charge in [-0.1, -0.05) is 23.9 Å². The lowest BCUT2D eigenvalue weighted by molar-refractivity contribution is 0.773. The topological polar surface area (TPSA) is 24.4 Å². The van der Waals surface area contributed by atoms with Crippen LogP contribution in [0.5, 0.6) is 0 Å². The molecule has 0 radical (unpaired) electrons. The normalized spacial score (nSPS) is 24.3. The van der Waals surface area contributed by atoms with E-state index in [0.717, 1.165) is 28.6 Å². The number of aliphatic imine (C=N–C) groups is 1. The van der Waals surface area contributed by atoms with Crippen molar-refractivity contribution < 1.29 is 0 Å². The highest BCUT2D eigenvalue weighted by Gasteiger charge is 2.35. The Morgan fingerprint density at radius 2 is 2.25 bits per heavy atom. The van der Waals surface area contributed by atoms with Gasteiger partial charge in [-0.15, -0.1) is 0 Å². The molecule has 1 aliphatic heterocycles. The van der Waals surface area contributed by atoms with Crippen LogP contribution in [0.2, 0.25) is 0 Å². The Labute approximate surface area is 101 Å². The van der Waals surface area contributed by atoms with Gasteiger partial charge in [0, 0.05) is 10.9 Å². The molecule has 0 amide bonds. The molecule has 0 saturated heterocycles. The standard InChI is InChI=1S/C13H16N2S/c1-9-3-2-4-11(7-9)15-13-14-8-12(16-13)10-5-6-10/h2-4,7,10,12H,5-6,8H2,1H3,(H,14,15). The van der Waals surface area contributed by atoms with E-state index in [2.05, 4.69) is 41.5 Å². The maximum Gasteiger partial charge on any atom is 0.161 e. The van der Waals surface area contributed by atoms with Gasteiger partial charge in [-0.25, -0.2) is 0 Å². The molecule has 0 aromatic heterocycles. The van der Waals surface area contributed by atoms with Crippen molar-refractivity contribution in [2.24, 2.45) is 10.9 Å². The van der Waals surface area contributed by atoms with Crippen molar-refractivity contribution in [2.75, 3.05) is 11.9 Å². The Balaban J connectivity index is 1.63. The molecule has 2 nitrogen and oxygen atoms in total. The molecule has 16 heavy (non-hydrogen) atoms. The molecule has 2 aliphatic rings. The van der Waals surface area contributed by atoms with Crippen molar-refractivity contribution in [3.8, 4) is 0 Å². The lowest BCUT2D eigenvalue weighted by Gasteiger charge is -2.08. The van der Waals surface area contributed by atoms with E-state index in [-0.39, 0.29) is 0 Å². The summed E-state index contributed by atoms with van der Waals surface area (Å²) in [4.78, 5) is 4.57. The second-order valence-corrected chi connectivity index (χ2v) is 5.86. The lowest BCUT2D eigenvalue weighted by atomic mass is 10.2. The van der Waals surface area contributed by atoms with Crippen molar-refractivity contribution in [2.45, 2.75) is 25.0 Å². The second-order valence-electron chi connectivity index (χ2n) is 4.63. The first kappa shape index (κ1) is 10.2. The summed E-state index contributed by atoms with van der Waals surface area (Å²) in [5.74, 6) is 0.936. The third kappa shape index (κ3) is 2.24. The molecule has 1 aromatic rings. The predicted octanol–water partition coefficient (Wildman–Crippen LogP) is 3.29. The Bertz CT molecular complexity index is 424. The third-order valence-corrected chi connectivity index (χ3v) is 4.39. The molecule has 3 heteroatoms. The van der Waals surface area contributed by atoms with Crippen molar-refractivity contribution in [3.63, 3.8) is 0 Å². The molecule has 1 aromatic carbocycles. The quantitative estimate of drug-likeness (QED) is 0.846. The molecule has 0 bridgehead atoms.